The SMILES string of the molecule is COC(=O)[C@H](COC(C)(C)C)NC(=O)[C@H](O)[C@H](CSC(c1ccccc1)c1ccccc1)NC(=O)[C@@H]1CCCN1. The number of hydrogen-bond donors (Lipinski definition) is 4. The molecule has 1 heterocycles. The van der Waals surface area contributed by atoms with Crippen molar-refractivity contribution in [1.29, 1.82) is 0 Å². The Morgan fingerprint density at radius 3 is 2.12 bits per heavy atom. The number of nitrogens with one attached hydrogen (secondary N) is 3. The Hall–Kier alpha value is -2.92. The number of amides is 2. The highest BCUT2D eigenvalue weighted by Gasteiger charge is 2.34. The molecule has 4 atom stereocenters. The summed E-state index contributed by atoms with van der Waals surface area (Å²) in [4.78, 5) is 38.6. The van der Waals surface area contributed by atoms with Crippen LogP contribution < -0.4 is 16.0 Å². The molecule has 1 aliphatic heterocycles. The van der Waals surface area contributed by atoms with Crippen molar-refractivity contribution in [2.45, 2.75) is 68.7 Å². The molecule has 1 saturated heterocycles. The molecule has 1 fully saturated rings. The smallest absolute Gasteiger partial charge is 0.330 e. The number of carbonyl (C=O) groups excluding carboxylic acids is 3. The molecule has 4 N–H and O–H groups in total. The molecule has 40 heavy (non-hydrogen) atoms. The van der Waals surface area contributed by atoms with Crippen LogP contribution in [0.5, 0.6) is 0 Å². The number of rotatable bonds is 13. The molecular formula is C30H41N3O6S. The van der Waals surface area contributed by atoms with E-state index in [2.05, 4.69) is 16.0 Å². The van der Waals surface area contributed by atoms with Crippen LogP contribution in [-0.4, -0.2) is 78.7 Å². The third-order valence-corrected chi connectivity index (χ3v) is 7.92. The second-order valence-corrected chi connectivity index (χ2v) is 11.9. The molecule has 0 saturated carbocycles. The number of thioether (sulfide) groups is 1. The van der Waals surface area contributed by atoms with Gasteiger partial charge in [0.15, 0.2) is 12.1 Å². The van der Waals surface area contributed by atoms with Crippen LogP contribution in [0, 0.1) is 0 Å². The summed E-state index contributed by atoms with van der Waals surface area (Å²) in [7, 11) is 1.22. The molecule has 0 aromatic heterocycles. The highest BCUT2D eigenvalue weighted by atomic mass is 32.2. The third-order valence-electron chi connectivity index (χ3n) is 6.49. The van der Waals surface area contributed by atoms with Crippen LogP contribution in [-0.2, 0) is 23.9 Å². The Kier molecular flexibility index (Phi) is 12.0. The Balaban J connectivity index is 1.79. The quantitative estimate of drug-likeness (QED) is 0.271. The predicted molar refractivity (Wildman–Crippen MR) is 156 cm³/mol. The molecule has 218 valence electrons. The molecule has 10 heteroatoms. The molecule has 3 rings (SSSR count). The zero-order chi connectivity index (χ0) is 29.1. The maximum absolute atomic E-state index is 13.2. The van der Waals surface area contributed by atoms with E-state index in [1.807, 2.05) is 81.4 Å². The minimum atomic E-state index is -1.62. The molecular weight excluding hydrogens is 530 g/mol. The molecule has 9 nitrogen and oxygen atoms in total. The van der Waals surface area contributed by atoms with Crippen molar-refractivity contribution in [2.24, 2.45) is 0 Å². The van der Waals surface area contributed by atoms with Crippen molar-refractivity contribution in [3.8, 4) is 0 Å². The first-order valence-corrected chi connectivity index (χ1v) is 14.6. The fourth-order valence-corrected chi connectivity index (χ4v) is 5.69. The molecule has 0 aliphatic carbocycles. The zero-order valence-corrected chi connectivity index (χ0v) is 24.4. The Morgan fingerprint density at radius 2 is 1.62 bits per heavy atom. The van der Waals surface area contributed by atoms with Crippen molar-refractivity contribution >= 4 is 29.5 Å². The second-order valence-electron chi connectivity index (χ2n) is 10.8. The van der Waals surface area contributed by atoms with Crippen molar-refractivity contribution in [3.05, 3.63) is 71.8 Å². The van der Waals surface area contributed by atoms with Crippen LogP contribution >= 0.6 is 11.8 Å². The van der Waals surface area contributed by atoms with Gasteiger partial charge in [-0.2, -0.15) is 0 Å². The number of ether oxygens (including phenoxy) is 2. The van der Waals surface area contributed by atoms with Gasteiger partial charge < -0.3 is 30.5 Å². The highest BCUT2D eigenvalue weighted by Crippen LogP contribution is 2.36. The third kappa shape index (κ3) is 9.62. The lowest BCUT2D eigenvalue weighted by molar-refractivity contribution is -0.150. The first-order chi connectivity index (χ1) is 19.1. The van der Waals surface area contributed by atoms with Gasteiger partial charge in [-0.15, -0.1) is 11.8 Å². The summed E-state index contributed by atoms with van der Waals surface area (Å²) in [6, 6.07) is 17.4. The standard InChI is InChI=1S/C30H41N3O6S/c1-30(2,3)39-18-23(29(37)38-4)32-28(36)25(34)24(33-27(35)22-16-11-17-31-22)19-40-26(20-12-7-5-8-13-20)21-14-9-6-10-15-21/h5-10,12-15,22-26,31,34H,11,16-19H2,1-4H3,(H,32,36)(H,33,35)/t22-,23-,24-,25+/m0/s1. The molecule has 0 spiro atoms. The van der Waals surface area contributed by atoms with E-state index in [1.54, 1.807) is 0 Å². The lowest BCUT2D eigenvalue weighted by Crippen LogP contribution is -2.57. The maximum atomic E-state index is 13.2. The second kappa shape index (κ2) is 15.2. The number of methoxy groups -OCH3 is 1. The summed E-state index contributed by atoms with van der Waals surface area (Å²) in [5, 5.41) is 19.7. The van der Waals surface area contributed by atoms with Gasteiger partial charge >= 0.3 is 5.97 Å². The van der Waals surface area contributed by atoms with Crippen LogP contribution in [0.4, 0.5) is 0 Å². The van der Waals surface area contributed by atoms with E-state index in [4.69, 9.17) is 9.47 Å². The first kappa shape index (κ1) is 31.6. The molecule has 0 bridgehead atoms. The number of aliphatic hydroxyl groups is 1. The summed E-state index contributed by atoms with van der Waals surface area (Å²) in [5.41, 5.74) is 1.57. The van der Waals surface area contributed by atoms with Gasteiger partial charge in [0.25, 0.3) is 5.91 Å². The number of aliphatic hydroxyl groups excluding tert-OH is 1. The number of carbonyl (C=O) groups is 3. The lowest BCUT2D eigenvalue weighted by atomic mass is 10.0. The Labute approximate surface area is 240 Å². The molecule has 2 aromatic rings. The summed E-state index contributed by atoms with van der Waals surface area (Å²) in [6.45, 7) is 6.09. The van der Waals surface area contributed by atoms with Crippen molar-refractivity contribution in [2.75, 3.05) is 26.0 Å². The molecule has 0 unspecified atom stereocenters. The molecule has 0 radical (unpaired) electrons. The summed E-state index contributed by atoms with van der Waals surface area (Å²) in [5.74, 6) is -1.52. The van der Waals surface area contributed by atoms with Gasteiger partial charge in [0, 0.05) is 5.75 Å². The van der Waals surface area contributed by atoms with E-state index in [0.717, 1.165) is 24.1 Å². The van der Waals surface area contributed by atoms with Gasteiger partial charge in [0.05, 0.1) is 36.7 Å². The fraction of sp³-hybridized carbons (Fsp3) is 0.500. The predicted octanol–water partition coefficient (Wildman–Crippen LogP) is 2.58. The minimum Gasteiger partial charge on any atom is -0.467 e. The normalized spacial score (nSPS) is 17.6. The zero-order valence-electron chi connectivity index (χ0n) is 23.6. The molecule has 1 aliphatic rings. The van der Waals surface area contributed by atoms with Crippen LogP contribution in [0.15, 0.2) is 60.7 Å². The minimum absolute atomic E-state index is 0.0929. The lowest BCUT2D eigenvalue weighted by Gasteiger charge is -2.29. The highest BCUT2D eigenvalue weighted by molar-refractivity contribution is 7.99. The van der Waals surface area contributed by atoms with Crippen LogP contribution in [0.3, 0.4) is 0 Å². The topological polar surface area (TPSA) is 126 Å². The average molecular weight is 572 g/mol. The van der Waals surface area contributed by atoms with Gasteiger partial charge in [0.1, 0.15) is 0 Å². The first-order valence-electron chi connectivity index (χ1n) is 13.5. The van der Waals surface area contributed by atoms with Gasteiger partial charge in [-0.3, -0.25) is 9.59 Å². The largest absolute Gasteiger partial charge is 0.467 e. The molecule has 2 aromatic carbocycles. The van der Waals surface area contributed by atoms with E-state index in [-0.39, 0.29) is 29.6 Å². The van der Waals surface area contributed by atoms with E-state index in [9.17, 15) is 19.5 Å². The van der Waals surface area contributed by atoms with Gasteiger partial charge in [-0.05, 0) is 51.3 Å². The van der Waals surface area contributed by atoms with Gasteiger partial charge in [-0.25, -0.2) is 4.79 Å². The van der Waals surface area contributed by atoms with Crippen LogP contribution in [0.25, 0.3) is 0 Å². The van der Waals surface area contributed by atoms with Crippen LogP contribution in [0.2, 0.25) is 0 Å². The molecule has 2 amide bonds. The number of esters is 1. The number of hydrogen-bond acceptors (Lipinski definition) is 8. The summed E-state index contributed by atoms with van der Waals surface area (Å²) in [6.07, 6.45) is -0.0647. The van der Waals surface area contributed by atoms with Gasteiger partial charge in [0.2, 0.25) is 5.91 Å². The Morgan fingerprint density at radius 1 is 1.02 bits per heavy atom. The summed E-state index contributed by atoms with van der Waals surface area (Å²) >= 11 is 1.52. The maximum Gasteiger partial charge on any atom is 0.330 e. The van der Waals surface area contributed by atoms with Gasteiger partial charge in [-0.1, -0.05) is 60.7 Å². The Bertz CT molecular complexity index is 1050. The van der Waals surface area contributed by atoms with E-state index in [0.29, 0.717) is 6.42 Å². The van der Waals surface area contributed by atoms with Crippen molar-refractivity contribution in [1.82, 2.24) is 16.0 Å². The van der Waals surface area contributed by atoms with Crippen molar-refractivity contribution < 1.29 is 29.0 Å². The van der Waals surface area contributed by atoms with Crippen molar-refractivity contribution in [3.63, 3.8) is 0 Å². The van der Waals surface area contributed by atoms with E-state index < -0.39 is 35.7 Å². The number of benzene rings is 2. The fourth-order valence-electron chi connectivity index (χ4n) is 4.33. The monoisotopic (exact) mass is 571 g/mol. The van der Waals surface area contributed by atoms with Crippen LogP contribution in [0.1, 0.15) is 50.0 Å². The van der Waals surface area contributed by atoms with E-state index in [1.165, 1.54) is 18.9 Å². The van der Waals surface area contributed by atoms with E-state index >= 15 is 0 Å². The average Bonchev–Trinajstić information content (AvgIpc) is 3.50. The summed E-state index contributed by atoms with van der Waals surface area (Å²) < 4.78 is 10.5.